The highest BCUT2D eigenvalue weighted by Crippen LogP contribution is 2.26. The Bertz CT molecular complexity index is 606. The second kappa shape index (κ2) is 3.54. The van der Waals surface area contributed by atoms with Gasteiger partial charge in [0.05, 0.1) is 15.9 Å². The van der Waals surface area contributed by atoms with Crippen molar-refractivity contribution in [2.45, 2.75) is 11.8 Å². The van der Waals surface area contributed by atoms with Crippen molar-refractivity contribution >= 4 is 35.1 Å². The second-order valence-corrected chi connectivity index (χ2v) is 4.17. The number of nitrogens with zero attached hydrogens (tertiary/aromatic N) is 2. The van der Waals surface area contributed by atoms with Gasteiger partial charge >= 0.3 is 0 Å². The van der Waals surface area contributed by atoms with E-state index in [0.717, 1.165) is 5.52 Å². The van der Waals surface area contributed by atoms with Crippen LogP contribution in [0.2, 0.25) is 5.02 Å². The molecule has 0 N–H and O–H groups in total. The van der Waals surface area contributed by atoms with Gasteiger partial charge in [0.1, 0.15) is 5.82 Å². The van der Waals surface area contributed by atoms with Crippen molar-refractivity contribution in [1.29, 1.82) is 0 Å². The lowest BCUT2D eigenvalue weighted by atomic mass is 10.2. The number of rotatable bonds is 0. The van der Waals surface area contributed by atoms with Crippen LogP contribution in [0.1, 0.15) is 5.82 Å². The summed E-state index contributed by atoms with van der Waals surface area (Å²) in [4.78, 5) is 16.1. The largest absolute Gasteiger partial charge is 0.332 e. The normalized spacial score (nSPS) is 10.9. The molecule has 0 unspecified atom stereocenters. The van der Waals surface area contributed by atoms with Gasteiger partial charge in [-0.3, -0.25) is 4.79 Å². The van der Waals surface area contributed by atoms with Crippen LogP contribution in [-0.2, 0) is 7.05 Å². The van der Waals surface area contributed by atoms with E-state index >= 15 is 0 Å². The molecule has 3 nitrogen and oxygen atoms in total. The fourth-order valence-corrected chi connectivity index (χ4v) is 1.94. The molecule has 0 bridgehead atoms. The average molecular weight is 241 g/mol. The molecule has 1 aromatic heterocycles. The summed E-state index contributed by atoms with van der Waals surface area (Å²) in [5, 5.41) is 0.938. The smallest absolute Gasteiger partial charge is 0.281 e. The number of halogens is 1. The van der Waals surface area contributed by atoms with Crippen LogP contribution in [0.25, 0.3) is 10.9 Å². The zero-order valence-electron chi connectivity index (χ0n) is 8.28. The molecule has 1 aromatic carbocycles. The molecule has 0 saturated carbocycles. The van der Waals surface area contributed by atoms with Gasteiger partial charge in [-0.25, -0.2) is 0 Å². The molecule has 0 atom stereocenters. The monoisotopic (exact) mass is 240 g/mol. The van der Waals surface area contributed by atoms with Crippen molar-refractivity contribution < 1.29 is 0 Å². The lowest BCUT2D eigenvalue weighted by molar-refractivity contribution is 0.837. The average Bonchev–Trinajstić information content (AvgIpc) is 2.18. The molecule has 0 saturated heterocycles. The summed E-state index contributed by atoms with van der Waals surface area (Å²) in [6, 6.07) is 3.53. The van der Waals surface area contributed by atoms with E-state index in [1.807, 2.05) is 11.6 Å². The third kappa shape index (κ3) is 1.54. The maximum absolute atomic E-state index is 11.7. The standard InChI is InChI=1S/C10H9ClN2OS/c1-5-12-10(14)8-7(13(5)2)4-3-6(11)9(8)15/h3-4,15H,1-2H3. The summed E-state index contributed by atoms with van der Waals surface area (Å²) in [7, 11) is 1.85. The predicted octanol–water partition coefficient (Wildman–Crippen LogP) is 2.18. The van der Waals surface area contributed by atoms with Gasteiger partial charge in [-0.15, -0.1) is 12.6 Å². The number of hydrogen-bond acceptors (Lipinski definition) is 3. The van der Waals surface area contributed by atoms with Crippen LogP contribution >= 0.6 is 24.2 Å². The third-order valence-corrected chi connectivity index (χ3v) is 3.34. The van der Waals surface area contributed by atoms with E-state index in [4.69, 9.17) is 11.6 Å². The van der Waals surface area contributed by atoms with Crippen molar-refractivity contribution in [2.24, 2.45) is 7.05 Å². The number of fused-ring (bicyclic) bond motifs is 1. The molecular weight excluding hydrogens is 232 g/mol. The molecule has 1 heterocycles. The van der Waals surface area contributed by atoms with Crippen molar-refractivity contribution in [3.8, 4) is 0 Å². The van der Waals surface area contributed by atoms with Crippen LogP contribution < -0.4 is 5.56 Å². The molecule has 0 aliphatic rings. The first kappa shape index (κ1) is 10.5. The lowest BCUT2D eigenvalue weighted by Crippen LogP contribution is -2.15. The fourth-order valence-electron chi connectivity index (χ4n) is 1.50. The van der Waals surface area contributed by atoms with Crippen molar-refractivity contribution in [3.63, 3.8) is 0 Å². The second-order valence-electron chi connectivity index (χ2n) is 3.31. The van der Waals surface area contributed by atoms with Crippen molar-refractivity contribution in [1.82, 2.24) is 9.55 Å². The summed E-state index contributed by atoms with van der Waals surface area (Å²) >= 11 is 10.1. The minimum atomic E-state index is -0.284. The molecule has 0 amide bonds. The van der Waals surface area contributed by atoms with Gasteiger partial charge in [0.25, 0.3) is 5.56 Å². The van der Waals surface area contributed by atoms with E-state index in [9.17, 15) is 4.79 Å². The molecule has 5 heteroatoms. The Hall–Kier alpha value is -1.00. The molecule has 2 rings (SSSR count). The summed E-state index contributed by atoms with van der Waals surface area (Å²) in [5.74, 6) is 0.669. The van der Waals surface area contributed by atoms with E-state index in [2.05, 4.69) is 17.6 Å². The first-order valence-corrected chi connectivity index (χ1v) is 5.19. The highest BCUT2D eigenvalue weighted by molar-refractivity contribution is 7.80. The molecule has 0 aliphatic carbocycles. The molecule has 78 valence electrons. The highest BCUT2D eigenvalue weighted by atomic mass is 35.5. The van der Waals surface area contributed by atoms with E-state index in [0.29, 0.717) is 21.1 Å². The summed E-state index contributed by atoms with van der Waals surface area (Å²) < 4.78 is 1.84. The number of benzene rings is 1. The maximum atomic E-state index is 11.7. The Balaban J connectivity index is 3.10. The van der Waals surface area contributed by atoms with Crippen LogP contribution in [0.5, 0.6) is 0 Å². The van der Waals surface area contributed by atoms with Crippen molar-refractivity contribution in [2.75, 3.05) is 0 Å². The maximum Gasteiger partial charge on any atom is 0.281 e. The summed E-state index contributed by atoms with van der Waals surface area (Å²) in [6.45, 7) is 1.79. The Morgan fingerprint density at radius 1 is 1.47 bits per heavy atom. The van der Waals surface area contributed by atoms with E-state index < -0.39 is 0 Å². The highest BCUT2D eigenvalue weighted by Gasteiger charge is 2.10. The van der Waals surface area contributed by atoms with Crippen LogP contribution in [0.3, 0.4) is 0 Å². The van der Waals surface area contributed by atoms with Gasteiger partial charge in [-0.1, -0.05) is 11.6 Å². The topological polar surface area (TPSA) is 34.9 Å². The molecule has 15 heavy (non-hydrogen) atoms. The van der Waals surface area contributed by atoms with Crippen LogP contribution in [0.15, 0.2) is 21.8 Å². The zero-order valence-corrected chi connectivity index (χ0v) is 9.93. The van der Waals surface area contributed by atoms with E-state index in [1.54, 1.807) is 19.1 Å². The number of thiol groups is 1. The molecule has 0 aliphatic heterocycles. The van der Waals surface area contributed by atoms with Crippen LogP contribution in [0, 0.1) is 6.92 Å². The van der Waals surface area contributed by atoms with Crippen molar-refractivity contribution in [3.05, 3.63) is 33.3 Å². The van der Waals surface area contributed by atoms with Crippen LogP contribution in [0.4, 0.5) is 0 Å². The Morgan fingerprint density at radius 3 is 2.80 bits per heavy atom. The van der Waals surface area contributed by atoms with Crippen LogP contribution in [-0.4, -0.2) is 9.55 Å². The Kier molecular flexibility index (Phi) is 2.48. The summed E-state index contributed by atoms with van der Waals surface area (Å²) in [5.41, 5.74) is 0.509. The Morgan fingerprint density at radius 2 is 2.13 bits per heavy atom. The summed E-state index contributed by atoms with van der Waals surface area (Å²) in [6.07, 6.45) is 0. The first-order chi connectivity index (χ1) is 7.02. The number of hydrogen-bond donors (Lipinski definition) is 1. The minimum Gasteiger partial charge on any atom is -0.332 e. The molecule has 2 aromatic rings. The van der Waals surface area contributed by atoms with Gasteiger partial charge in [0.15, 0.2) is 0 Å². The molecule has 0 spiro atoms. The SMILES string of the molecule is Cc1nc(=O)c2c(S)c(Cl)ccc2n1C. The predicted molar refractivity (Wildman–Crippen MR) is 64.0 cm³/mol. The molecular formula is C10H9ClN2OS. The fraction of sp³-hybridized carbons (Fsp3) is 0.200. The van der Waals surface area contributed by atoms with E-state index in [1.165, 1.54) is 0 Å². The minimum absolute atomic E-state index is 0.284. The number of aromatic nitrogens is 2. The van der Waals surface area contributed by atoms with Gasteiger partial charge in [-0.2, -0.15) is 4.98 Å². The van der Waals surface area contributed by atoms with Gasteiger partial charge < -0.3 is 4.57 Å². The third-order valence-electron chi connectivity index (χ3n) is 2.43. The first-order valence-electron chi connectivity index (χ1n) is 4.37. The quantitative estimate of drug-likeness (QED) is 0.717. The molecule has 0 radical (unpaired) electrons. The Labute approximate surface area is 97.1 Å². The molecule has 0 fully saturated rings. The van der Waals surface area contributed by atoms with E-state index in [-0.39, 0.29) is 5.56 Å². The van der Waals surface area contributed by atoms with Gasteiger partial charge in [0, 0.05) is 11.9 Å². The van der Waals surface area contributed by atoms with Gasteiger partial charge in [0.2, 0.25) is 0 Å². The van der Waals surface area contributed by atoms with Gasteiger partial charge in [-0.05, 0) is 19.1 Å². The number of aryl methyl sites for hydroxylation is 2. The zero-order chi connectivity index (χ0) is 11.2. The lowest BCUT2D eigenvalue weighted by Gasteiger charge is -2.09.